The molecule has 16 heavy (non-hydrogen) atoms. The van der Waals surface area contributed by atoms with Crippen LogP contribution in [0, 0.1) is 5.92 Å². The first-order valence-corrected chi connectivity index (χ1v) is 5.77. The molecular formula is C11H25IN4. The van der Waals surface area contributed by atoms with Crippen LogP contribution in [0.5, 0.6) is 0 Å². The first-order valence-electron chi connectivity index (χ1n) is 5.77. The van der Waals surface area contributed by atoms with Crippen LogP contribution in [0.15, 0.2) is 4.99 Å². The van der Waals surface area contributed by atoms with E-state index in [1.807, 2.05) is 7.05 Å². The number of nitrogens with zero attached hydrogens (tertiary/aromatic N) is 2. The lowest BCUT2D eigenvalue weighted by atomic mass is 10.1. The van der Waals surface area contributed by atoms with E-state index in [2.05, 4.69) is 41.4 Å². The maximum Gasteiger partial charge on any atom is 0.191 e. The van der Waals surface area contributed by atoms with Gasteiger partial charge in [-0.15, -0.1) is 24.0 Å². The standard InChI is InChI=1S/C11H24N4.HI/c1-9(2)14-11(12-3)13-7-10-5-6-15(4)8-10;/h9-10H,5-8H2,1-4H3,(H2,12,13,14);1H. The Hall–Kier alpha value is -0.0400. The third-order valence-corrected chi connectivity index (χ3v) is 2.70. The maximum absolute atomic E-state index is 4.19. The molecule has 1 fully saturated rings. The Bertz CT molecular complexity index is 218. The molecule has 2 N–H and O–H groups in total. The Morgan fingerprint density at radius 3 is 2.62 bits per heavy atom. The normalized spacial score (nSPS) is 22.1. The summed E-state index contributed by atoms with van der Waals surface area (Å²) in [6.07, 6.45) is 1.29. The van der Waals surface area contributed by atoms with Crippen molar-refractivity contribution in [2.75, 3.05) is 33.7 Å². The van der Waals surface area contributed by atoms with Crippen molar-refractivity contribution in [3.63, 3.8) is 0 Å². The largest absolute Gasteiger partial charge is 0.356 e. The van der Waals surface area contributed by atoms with Gasteiger partial charge in [0.2, 0.25) is 0 Å². The van der Waals surface area contributed by atoms with Gasteiger partial charge in [0.25, 0.3) is 0 Å². The minimum Gasteiger partial charge on any atom is -0.356 e. The van der Waals surface area contributed by atoms with Crippen molar-refractivity contribution in [1.82, 2.24) is 15.5 Å². The molecule has 1 heterocycles. The number of guanidine groups is 1. The summed E-state index contributed by atoms with van der Waals surface area (Å²) in [4.78, 5) is 6.57. The van der Waals surface area contributed by atoms with Crippen molar-refractivity contribution >= 4 is 29.9 Å². The summed E-state index contributed by atoms with van der Waals surface area (Å²) < 4.78 is 0. The van der Waals surface area contributed by atoms with Crippen molar-refractivity contribution in [2.45, 2.75) is 26.3 Å². The summed E-state index contributed by atoms with van der Waals surface area (Å²) in [5.41, 5.74) is 0. The van der Waals surface area contributed by atoms with E-state index in [4.69, 9.17) is 0 Å². The van der Waals surface area contributed by atoms with Crippen molar-refractivity contribution in [3.05, 3.63) is 0 Å². The first kappa shape index (κ1) is 16.0. The van der Waals surface area contributed by atoms with Crippen LogP contribution in [0.1, 0.15) is 20.3 Å². The van der Waals surface area contributed by atoms with Crippen molar-refractivity contribution in [1.29, 1.82) is 0 Å². The van der Waals surface area contributed by atoms with Crippen molar-refractivity contribution < 1.29 is 0 Å². The first-order chi connectivity index (χ1) is 7.11. The predicted molar refractivity (Wildman–Crippen MR) is 80.7 cm³/mol. The highest BCUT2D eigenvalue weighted by Gasteiger charge is 2.19. The van der Waals surface area contributed by atoms with Gasteiger partial charge in [-0.2, -0.15) is 0 Å². The molecule has 0 aromatic heterocycles. The Balaban J connectivity index is 0.00000225. The minimum absolute atomic E-state index is 0. The third-order valence-electron chi connectivity index (χ3n) is 2.70. The van der Waals surface area contributed by atoms with E-state index in [1.165, 1.54) is 19.5 Å². The van der Waals surface area contributed by atoms with Gasteiger partial charge >= 0.3 is 0 Å². The van der Waals surface area contributed by atoms with E-state index in [0.717, 1.165) is 18.4 Å². The van der Waals surface area contributed by atoms with Gasteiger partial charge < -0.3 is 15.5 Å². The molecule has 0 radical (unpaired) electrons. The molecule has 0 amide bonds. The molecular weight excluding hydrogens is 315 g/mol. The number of hydrogen-bond donors (Lipinski definition) is 2. The lowest BCUT2D eigenvalue weighted by Crippen LogP contribution is -2.43. The zero-order valence-corrected chi connectivity index (χ0v) is 13.1. The van der Waals surface area contributed by atoms with Crippen LogP contribution < -0.4 is 10.6 Å². The SMILES string of the molecule is CN=C(NCC1CCN(C)C1)NC(C)C.I. The summed E-state index contributed by atoms with van der Waals surface area (Å²) in [5.74, 6) is 1.68. The summed E-state index contributed by atoms with van der Waals surface area (Å²) in [7, 11) is 4.00. The summed E-state index contributed by atoms with van der Waals surface area (Å²) in [5, 5.41) is 6.67. The second kappa shape index (κ2) is 8.11. The molecule has 0 aromatic carbocycles. The zero-order chi connectivity index (χ0) is 11.3. The van der Waals surface area contributed by atoms with Gasteiger partial charge in [0.1, 0.15) is 0 Å². The lowest BCUT2D eigenvalue weighted by molar-refractivity contribution is 0.393. The molecule has 0 bridgehead atoms. The fraction of sp³-hybridized carbons (Fsp3) is 0.909. The zero-order valence-electron chi connectivity index (χ0n) is 10.8. The molecule has 1 rings (SSSR count). The molecule has 1 saturated heterocycles. The van der Waals surface area contributed by atoms with Gasteiger partial charge in [-0.1, -0.05) is 0 Å². The maximum atomic E-state index is 4.19. The molecule has 5 heteroatoms. The Kier molecular flexibility index (Phi) is 8.09. The molecule has 4 nitrogen and oxygen atoms in total. The van der Waals surface area contributed by atoms with E-state index >= 15 is 0 Å². The molecule has 0 aliphatic carbocycles. The topological polar surface area (TPSA) is 39.7 Å². The average molecular weight is 340 g/mol. The smallest absolute Gasteiger partial charge is 0.191 e. The molecule has 0 spiro atoms. The van der Waals surface area contributed by atoms with E-state index in [-0.39, 0.29) is 24.0 Å². The molecule has 1 unspecified atom stereocenters. The van der Waals surface area contributed by atoms with E-state index < -0.39 is 0 Å². The van der Waals surface area contributed by atoms with Gasteiger partial charge in [-0.05, 0) is 39.8 Å². The van der Waals surface area contributed by atoms with Gasteiger partial charge in [-0.3, -0.25) is 4.99 Å². The highest BCUT2D eigenvalue weighted by atomic mass is 127. The number of halogens is 1. The number of likely N-dealkylation sites (tertiary alicyclic amines) is 1. The molecule has 0 aromatic rings. The quantitative estimate of drug-likeness (QED) is 0.460. The number of aliphatic imine (C=N–C) groups is 1. The summed E-state index contributed by atoms with van der Waals surface area (Å²) in [6.45, 7) is 7.69. The van der Waals surface area contributed by atoms with Crippen molar-refractivity contribution in [3.8, 4) is 0 Å². The van der Waals surface area contributed by atoms with Gasteiger partial charge in [-0.25, -0.2) is 0 Å². The lowest BCUT2D eigenvalue weighted by Gasteiger charge is -2.17. The van der Waals surface area contributed by atoms with Crippen LogP contribution in [0.2, 0.25) is 0 Å². The Morgan fingerprint density at radius 1 is 1.50 bits per heavy atom. The van der Waals surface area contributed by atoms with Crippen LogP contribution in [0.25, 0.3) is 0 Å². The van der Waals surface area contributed by atoms with Crippen molar-refractivity contribution in [2.24, 2.45) is 10.9 Å². The fourth-order valence-electron chi connectivity index (χ4n) is 1.90. The second-order valence-electron chi connectivity index (χ2n) is 4.67. The number of nitrogens with one attached hydrogen (secondary N) is 2. The fourth-order valence-corrected chi connectivity index (χ4v) is 1.90. The number of rotatable bonds is 3. The van der Waals surface area contributed by atoms with Gasteiger partial charge in [0.05, 0.1) is 0 Å². The molecule has 1 aliphatic heterocycles. The summed E-state index contributed by atoms with van der Waals surface area (Å²) >= 11 is 0. The van der Waals surface area contributed by atoms with Crippen LogP contribution in [-0.2, 0) is 0 Å². The van der Waals surface area contributed by atoms with Gasteiger partial charge in [0, 0.05) is 26.2 Å². The van der Waals surface area contributed by atoms with Gasteiger partial charge in [0.15, 0.2) is 5.96 Å². The van der Waals surface area contributed by atoms with Crippen LogP contribution in [-0.4, -0.2) is 50.6 Å². The predicted octanol–water partition coefficient (Wildman–Crippen LogP) is 1.13. The van der Waals surface area contributed by atoms with Crippen LogP contribution in [0.4, 0.5) is 0 Å². The highest BCUT2D eigenvalue weighted by molar-refractivity contribution is 14.0. The number of hydrogen-bond acceptors (Lipinski definition) is 2. The second-order valence-corrected chi connectivity index (χ2v) is 4.67. The third kappa shape index (κ3) is 5.89. The van der Waals surface area contributed by atoms with E-state index in [1.54, 1.807) is 0 Å². The van der Waals surface area contributed by atoms with Crippen LogP contribution in [0.3, 0.4) is 0 Å². The monoisotopic (exact) mass is 340 g/mol. The Morgan fingerprint density at radius 2 is 2.19 bits per heavy atom. The Labute approximate surface area is 116 Å². The molecule has 1 atom stereocenters. The van der Waals surface area contributed by atoms with Crippen LogP contribution >= 0.6 is 24.0 Å². The molecule has 0 saturated carbocycles. The average Bonchev–Trinajstić information content (AvgIpc) is 2.58. The molecule has 1 aliphatic rings. The minimum atomic E-state index is 0. The van der Waals surface area contributed by atoms with E-state index in [0.29, 0.717) is 6.04 Å². The summed E-state index contributed by atoms with van der Waals surface area (Å²) in [6, 6.07) is 0.433. The van der Waals surface area contributed by atoms with E-state index in [9.17, 15) is 0 Å². The molecule has 96 valence electrons. The highest BCUT2D eigenvalue weighted by Crippen LogP contribution is 2.12.